The molecule has 1 atom stereocenters. The number of nitrogens with one attached hydrogen (secondary N) is 1. The van der Waals surface area contributed by atoms with Crippen LogP contribution in [-0.4, -0.2) is 67.8 Å². The molecule has 0 spiro atoms. The number of hydrogen-bond acceptors (Lipinski definition) is 5. The lowest BCUT2D eigenvalue weighted by atomic mass is 9.88. The summed E-state index contributed by atoms with van der Waals surface area (Å²) in [5, 5.41) is 0.638. The van der Waals surface area contributed by atoms with Crippen molar-refractivity contribution in [3.8, 4) is 0 Å². The summed E-state index contributed by atoms with van der Waals surface area (Å²) in [4.78, 5) is 35.0. The molecule has 42 heavy (non-hydrogen) atoms. The molecule has 1 unspecified atom stereocenters. The number of halogens is 1. The molecule has 0 bridgehead atoms. The lowest BCUT2D eigenvalue weighted by Gasteiger charge is -2.35. The lowest BCUT2D eigenvalue weighted by molar-refractivity contribution is 0.0696. The Bertz CT molecular complexity index is 1570. The molecule has 3 N–H and O–H groups in total. The summed E-state index contributed by atoms with van der Waals surface area (Å²) in [7, 11) is -3.44. The number of para-hydroxylation sites is 1. The fraction of sp³-hybridized carbons (Fsp3) is 0.333. The van der Waals surface area contributed by atoms with Crippen molar-refractivity contribution in [3.63, 3.8) is 0 Å². The smallest absolute Gasteiger partial charge is 0.272 e. The molecule has 0 aliphatic carbocycles. The Kier molecular flexibility index (Phi) is 8.18. The van der Waals surface area contributed by atoms with Crippen LogP contribution in [0.3, 0.4) is 0 Å². The van der Waals surface area contributed by atoms with Gasteiger partial charge in [0.15, 0.2) is 5.78 Å². The van der Waals surface area contributed by atoms with Gasteiger partial charge in [0.2, 0.25) is 0 Å². The molecular weight excluding hydrogens is 553 g/mol. The number of rotatable bonds is 8. The van der Waals surface area contributed by atoms with Crippen LogP contribution in [0.15, 0.2) is 88.7 Å². The van der Waals surface area contributed by atoms with E-state index in [2.05, 4.69) is 9.88 Å². The number of aromatic amines is 1. The van der Waals surface area contributed by atoms with Gasteiger partial charge in [-0.05, 0) is 87.7 Å². The number of benzene rings is 3. The van der Waals surface area contributed by atoms with Gasteiger partial charge in [-0.2, -0.15) is 0 Å². The van der Waals surface area contributed by atoms with Crippen LogP contribution in [0, 0.1) is 11.7 Å². The molecule has 0 radical (unpaired) electrons. The third kappa shape index (κ3) is 5.62. The summed E-state index contributed by atoms with van der Waals surface area (Å²) in [5.41, 5.74) is 1.50. The Morgan fingerprint density at radius 1 is 0.881 bits per heavy atom. The minimum absolute atomic E-state index is 0.0499. The Morgan fingerprint density at radius 3 is 2.31 bits per heavy atom. The number of piperidine rings is 1. The minimum atomic E-state index is -3.44. The molecule has 4 aromatic rings. The number of ketones is 1. The van der Waals surface area contributed by atoms with Gasteiger partial charge in [-0.25, -0.2) is 4.39 Å². The van der Waals surface area contributed by atoms with Crippen molar-refractivity contribution in [2.45, 2.75) is 47.9 Å². The first-order valence-corrected chi connectivity index (χ1v) is 16.1. The van der Waals surface area contributed by atoms with Crippen molar-refractivity contribution in [2.24, 2.45) is 5.92 Å². The Balaban J connectivity index is 1.14. The molecule has 7 nitrogen and oxygen atoms in total. The van der Waals surface area contributed by atoms with Crippen LogP contribution >= 0.6 is 10.6 Å². The SMILES string of the molecule is O=C(c1ccc(F)cc1)C1CCN(CCC2CCCN2C(=O)c2[nH]c3ccccc3c2S(O)(O)c2ccccc2)CC1. The van der Waals surface area contributed by atoms with Crippen LogP contribution in [0.25, 0.3) is 10.9 Å². The van der Waals surface area contributed by atoms with Crippen molar-refractivity contribution in [2.75, 3.05) is 26.2 Å². The molecule has 2 fully saturated rings. The average Bonchev–Trinajstić information content (AvgIpc) is 3.66. The topological polar surface area (TPSA) is 96.9 Å². The molecule has 2 aliphatic rings. The predicted molar refractivity (Wildman–Crippen MR) is 163 cm³/mol. The van der Waals surface area contributed by atoms with Gasteiger partial charge in [-0.15, -0.1) is 10.6 Å². The maximum absolute atomic E-state index is 14.1. The van der Waals surface area contributed by atoms with Crippen molar-refractivity contribution in [1.82, 2.24) is 14.8 Å². The van der Waals surface area contributed by atoms with Gasteiger partial charge in [0.25, 0.3) is 5.91 Å². The third-order valence-electron chi connectivity index (χ3n) is 8.73. The molecule has 2 aliphatic heterocycles. The van der Waals surface area contributed by atoms with Crippen molar-refractivity contribution < 1.29 is 23.1 Å². The van der Waals surface area contributed by atoms with E-state index in [-0.39, 0.29) is 40.1 Å². The van der Waals surface area contributed by atoms with Crippen molar-refractivity contribution in [1.29, 1.82) is 0 Å². The van der Waals surface area contributed by atoms with E-state index in [9.17, 15) is 23.1 Å². The quantitative estimate of drug-likeness (QED) is 0.191. The second-order valence-corrected chi connectivity index (χ2v) is 13.3. The maximum atomic E-state index is 14.1. The molecule has 9 heteroatoms. The number of amides is 1. The Labute approximate surface area is 246 Å². The second kappa shape index (κ2) is 12.0. The monoisotopic (exact) mass is 589 g/mol. The first-order valence-electron chi connectivity index (χ1n) is 14.6. The van der Waals surface area contributed by atoms with Crippen molar-refractivity contribution >= 4 is 33.2 Å². The van der Waals surface area contributed by atoms with Gasteiger partial charge in [-0.1, -0.05) is 36.4 Å². The van der Waals surface area contributed by atoms with Gasteiger partial charge in [0.05, 0.1) is 4.90 Å². The standard InChI is InChI=1S/C33H36FN3O4S/c34-25-14-12-23(13-15-25)31(38)24-16-20-36(21-17-24)22-18-26-7-6-19-37(26)33(39)30-32(28-10-4-5-11-29(28)35-30)42(40,41)27-8-2-1-3-9-27/h1-5,8-15,24,26,35,40-41H,6-7,16-22H2. The lowest BCUT2D eigenvalue weighted by Crippen LogP contribution is -2.41. The fourth-order valence-electron chi connectivity index (χ4n) is 6.44. The number of likely N-dealkylation sites (tertiary alicyclic amines) is 2. The number of carbonyl (C=O) groups excluding carboxylic acids is 2. The van der Waals surface area contributed by atoms with Gasteiger partial charge in [0, 0.05) is 41.5 Å². The van der Waals surface area contributed by atoms with E-state index >= 15 is 0 Å². The average molecular weight is 590 g/mol. The van der Waals surface area contributed by atoms with E-state index in [1.807, 2.05) is 35.2 Å². The van der Waals surface area contributed by atoms with Crippen molar-refractivity contribution in [3.05, 3.63) is 95.9 Å². The molecule has 2 saturated heterocycles. The van der Waals surface area contributed by atoms with E-state index in [1.165, 1.54) is 12.1 Å². The number of carbonyl (C=O) groups is 2. The number of H-pyrrole nitrogens is 1. The first kappa shape index (κ1) is 28.6. The highest BCUT2D eigenvalue weighted by atomic mass is 32.3. The molecule has 1 aromatic heterocycles. The molecule has 3 heterocycles. The fourth-order valence-corrected chi connectivity index (χ4v) is 8.12. The summed E-state index contributed by atoms with van der Waals surface area (Å²) in [5.74, 6) is -0.520. The van der Waals surface area contributed by atoms with E-state index in [4.69, 9.17) is 0 Å². The number of nitrogens with zero attached hydrogens (tertiary/aromatic N) is 2. The summed E-state index contributed by atoms with van der Waals surface area (Å²) >= 11 is 0. The second-order valence-electron chi connectivity index (χ2n) is 11.3. The molecule has 3 aromatic carbocycles. The normalized spacial score (nSPS) is 18.9. The van der Waals surface area contributed by atoms with Crippen LogP contribution < -0.4 is 0 Å². The van der Waals surface area contributed by atoms with Gasteiger partial charge in [-0.3, -0.25) is 18.7 Å². The molecule has 220 valence electrons. The number of aromatic nitrogens is 1. The third-order valence-corrected chi connectivity index (χ3v) is 10.7. The first-order chi connectivity index (χ1) is 20.3. The molecule has 6 rings (SSSR count). The highest BCUT2D eigenvalue weighted by Crippen LogP contribution is 2.59. The zero-order valence-corrected chi connectivity index (χ0v) is 24.2. The van der Waals surface area contributed by atoms with E-state index in [0.29, 0.717) is 27.9 Å². The van der Waals surface area contributed by atoms with Crippen LogP contribution in [0.4, 0.5) is 4.39 Å². The number of fused-ring (bicyclic) bond motifs is 1. The largest absolute Gasteiger partial charge is 0.349 e. The molecule has 1 amide bonds. The van der Waals surface area contributed by atoms with Crippen LogP contribution in [0.5, 0.6) is 0 Å². The zero-order chi connectivity index (χ0) is 29.3. The Morgan fingerprint density at radius 2 is 1.57 bits per heavy atom. The summed E-state index contributed by atoms with van der Waals surface area (Å²) in [6, 6.07) is 21.9. The minimum Gasteiger partial charge on any atom is -0.349 e. The summed E-state index contributed by atoms with van der Waals surface area (Å²) < 4.78 is 36.3. The maximum Gasteiger partial charge on any atom is 0.272 e. The number of hydrogen-bond donors (Lipinski definition) is 3. The van der Waals surface area contributed by atoms with E-state index < -0.39 is 10.6 Å². The molecule has 0 saturated carbocycles. The van der Waals surface area contributed by atoms with Gasteiger partial charge in [0.1, 0.15) is 16.4 Å². The van der Waals surface area contributed by atoms with Crippen LogP contribution in [-0.2, 0) is 0 Å². The van der Waals surface area contributed by atoms with Crippen LogP contribution in [0.2, 0.25) is 0 Å². The summed E-state index contributed by atoms with van der Waals surface area (Å²) in [6.45, 7) is 3.06. The van der Waals surface area contributed by atoms with Crippen LogP contribution in [0.1, 0.15) is 53.0 Å². The van der Waals surface area contributed by atoms with E-state index in [1.54, 1.807) is 36.4 Å². The molecular formula is C33H36FN3O4S. The zero-order valence-electron chi connectivity index (χ0n) is 23.4. The highest BCUT2D eigenvalue weighted by molar-refractivity contribution is 8.24. The number of Topliss-reactive ketones (excluding diaryl/α,β-unsaturated/α-hetero) is 1. The van der Waals surface area contributed by atoms with Gasteiger partial charge < -0.3 is 14.8 Å². The highest BCUT2D eigenvalue weighted by Gasteiger charge is 2.36. The van der Waals surface area contributed by atoms with Gasteiger partial charge >= 0.3 is 0 Å². The summed E-state index contributed by atoms with van der Waals surface area (Å²) in [6.07, 6.45) is 4.14. The Hall–Kier alpha value is -3.50. The predicted octanol–water partition coefficient (Wildman–Crippen LogP) is 7.07. The van der Waals surface area contributed by atoms with E-state index in [0.717, 1.165) is 51.7 Å².